The number of allylic oxidation sites excluding steroid dienone is 1. The number of amides is 1. The van der Waals surface area contributed by atoms with Crippen molar-refractivity contribution >= 4 is 11.7 Å². The topological polar surface area (TPSA) is 62.1 Å². The summed E-state index contributed by atoms with van der Waals surface area (Å²) >= 11 is 0. The molecule has 0 fully saturated rings. The second-order valence-electron chi connectivity index (χ2n) is 5.23. The molecule has 1 N–H and O–H groups in total. The lowest BCUT2D eigenvalue weighted by Crippen LogP contribution is -2.23. The number of hydrogen-bond donors (Lipinski definition) is 1. The van der Waals surface area contributed by atoms with Crippen LogP contribution in [0.3, 0.4) is 0 Å². The number of alkyl carbamates (subject to hydrolysis) is 1. The summed E-state index contributed by atoms with van der Waals surface area (Å²) in [5, 5.41) is 11.8. The first-order valence-electron chi connectivity index (χ1n) is 7.23. The van der Waals surface area contributed by atoms with Crippen molar-refractivity contribution in [1.29, 1.82) is 5.26 Å². The highest BCUT2D eigenvalue weighted by atomic mass is 16.5. The maximum absolute atomic E-state index is 11.7. The number of carbonyl (C=O) groups excluding carboxylic acids is 1. The molecule has 0 aliphatic rings. The minimum Gasteiger partial charge on any atom is -0.445 e. The molecule has 4 nitrogen and oxygen atoms in total. The summed E-state index contributed by atoms with van der Waals surface area (Å²) in [5.41, 5.74) is 4.06. The van der Waals surface area contributed by atoms with Crippen LogP contribution < -0.4 is 5.32 Å². The molecule has 0 aromatic heterocycles. The SMILES string of the molecule is C=C(C)c1cc(C#N)cc(CNC(=O)OCc2ccccc2)c1. The van der Waals surface area contributed by atoms with E-state index in [2.05, 4.69) is 18.0 Å². The van der Waals surface area contributed by atoms with Crippen LogP contribution in [-0.2, 0) is 17.9 Å². The number of benzene rings is 2. The second-order valence-corrected chi connectivity index (χ2v) is 5.23. The maximum Gasteiger partial charge on any atom is 0.407 e. The van der Waals surface area contributed by atoms with Gasteiger partial charge in [0.05, 0.1) is 11.6 Å². The van der Waals surface area contributed by atoms with E-state index in [0.29, 0.717) is 12.1 Å². The van der Waals surface area contributed by atoms with Gasteiger partial charge < -0.3 is 10.1 Å². The van der Waals surface area contributed by atoms with Crippen molar-refractivity contribution in [1.82, 2.24) is 5.32 Å². The van der Waals surface area contributed by atoms with Crippen LogP contribution >= 0.6 is 0 Å². The summed E-state index contributed by atoms with van der Waals surface area (Å²) in [6.45, 7) is 6.27. The van der Waals surface area contributed by atoms with Gasteiger partial charge in [0, 0.05) is 6.54 Å². The quantitative estimate of drug-likeness (QED) is 0.907. The van der Waals surface area contributed by atoms with Crippen molar-refractivity contribution in [2.75, 3.05) is 0 Å². The van der Waals surface area contributed by atoms with Crippen molar-refractivity contribution in [3.63, 3.8) is 0 Å². The molecule has 0 spiro atoms. The standard InChI is InChI=1S/C19H18N2O2/c1-14(2)18-9-16(11-20)8-17(10-18)12-21-19(22)23-13-15-6-4-3-5-7-15/h3-10H,1,12-13H2,2H3,(H,21,22). The van der Waals surface area contributed by atoms with Gasteiger partial charge in [-0.25, -0.2) is 4.79 Å². The number of nitrogens with one attached hydrogen (secondary N) is 1. The summed E-state index contributed by atoms with van der Waals surface area (Å²) in [6.07, 6.45) is -0.493. The number of nitriles is 1. The van der Waals surface area contributed by atoms with Gasteiger partial charge in [-0.1, -0.05) is 42.5 Å². The molecule has 23 heavy (non-hydrogen) atoms. The molecular formula is C19H18N2O2. The van der Waals surface area contributed by atoms with E-state index in [1.807, 2.05) is 43.3 Å². The van der Waals surface area contributed by atoms with E-state index in [-0.39, 0.29) is 6.61 Å². The van der Waals surface area contributed by atoms with E-state index in [0.717, 1.165) is 22.3 Å². The van der Waals surface area contributed by atoms with Crippen LogP contribution in [0.25, 0.3) is 5.57 Å². The van der Waals surface area contributed by atoms with E-state index in [9.17, 15) is 4.79 Å². The van der Waals surface area contributed by atoms with Gasteiger partial charge in [-0.05, 0) is 41.8 Å². The first-order chi connectivity index (χ1) is 11.1. The summed E-state index contributed by atoms with van der Waals surface area (Å²) in [4.78, 5) is 11.7. The third-order valence-corrected chi connectivity index (χ3v) is 3.26. The average molecular weight is 306 g/mol. The molecule has 0 saturated carbocycles. The van der Waals surface area contributed by atoms with Crippen LogP contribution in [0.4, 0.5) is 4.79 Å². The van der Waals surface area contributed by atoms with Crippen LogP contribution in [0.15, 0.2) is 55.1 Å². The lowest BCUT2D eigenvalue weighted by molar-refractivity contribution is 0.139. The summed E-state index contributed by atoms with van der Waals surface area (Å²) in [6, 6.07) is 17.0. The van der Waals surface area contributed by atoms with E-state index in [1.54, 1.807) is 12.1 Å². The Balaban J connectivity index is 1.92. The molecule has 0 bridgehead atoms. The average Bonchev–Trinajstić information content (AvgIpc) is 2.58. The number of ether oxygens (including phenoxy) is 1. The fraction of sp³-hybridized carbons (Fsp3) is 0.158. The first kappa shape index (κ1) is 16.3. The smallest absolute Gasteiger partial charge is 0.407 e. The number of hydrogen-bond acceptors (Lipinski definition) is 3. The molecule has 0 saturated heterocycles. The molecule has 0 aliphatic heterocycles. The van der Waals surface area contributed by atoms with Crippen molar-refractivity contribution in [2.45, 2.75) is 20.1 Å². The third-order valence-electron chi connectivity index (χ3n) is 3.26. The van der Waals surface area contributed by atoms with Crippen molar-refractivity contribution in [3.8, 4) is 6.07 Å². The van der Waals surface area contributed by atoms with Crippen molar-refractivity contribution in [2.24, 2.45) is 0 Å². The molecular weight excluding hydrogens is 288 g/mol. The van der Waals surface area contributed by atoms with Gasteiger partial charge in [0.15, 0.2) is 0 Å². The largest absolute Gasteiger partial charge is 0.445 e. The third kappa shape index (κ3) is 5.01. The van der Waals surface area contributed by atoms with Crippen molar-refractivity contribution in [3.05, 3.63) is 77.4 Å². The Morgan fingerprint density at radius 3 is 2.61 bits per heavy atom. The lowest BCUT2D eigenvalue weighted by atomic mass is 10.0. The molecule has 1 amide bonds. The van der Waals surface area contributed by atoms with Crippen molar-refractivity contribution < 1.29 is 9.53 Å². The Morgan fingerprint density at radius 2 is 1.96 bits per heavy atom. The number of nitrogens with zero attached hydrogens (tertiary/aromatic N) is 1. The van der Waals surface area contributed by atoms with Crippen LogP contribution in [-0.4, -0.2) is 6.09 Å². The maximum atomic E-state index is 11.7. The zero-order valence-corrected chi connectivity index (χ0v) is 13.0. The Morgan fingerprint density at radius 1 is 1.22 bits per heavy atom. The highest BCUT2D eigenvalue weighted by molar-refractivity contribution is 5.68. The number of rotatable bonds is 5. The van der Waals surface area contributed by atoms with Crippen LogP contribution in [0.5, 0.6) is 0 Å². The molecule has 0 unspecified atom stereocenters. The normalized spacial score (nSPS) is 9.74. The molecule has 0 aliphatic carbocycles. The molecule has 0 heterocycles. The summed E-state index contributed by atoms with van der Waals surface area (Å²) in [7, 11) is 0. The Bertz CT molecular complexity index is 746. The van der Waals surface area contributed by atoms with E-state index >= 15 is 0 Å². The fourth-order valence-electron chi connectivity index (χ4n) is 2.05. The van der Waals surface area contributed by atoms with Gasteiger partial charge in [0.25, 0.3) is 0 Å². The van der Waals surface area contributed by atoms with Crippen LogP contribution in [0, 0.1) is 11.3 Å². The summed E-state index contributed by atoms with van der Waals surface area (Å²) < 4.78 is 5.15. The Hall–Kier alpha value is -3.06. The fourth-order valence-corrected chi connectivity index (χ4v) is 2.05. The van der Waals surface area contributed by atoms with Gasteiger partial charge in [-0.15, -0.1) is 0 Å². The van der Waals surface area contributed by atoms with Crippen LogP contribution in [0.2, 0.25) is 0 Å². The van der Waals surface area contributed by atoms with Gasteiger partial charge >= 0.3 is 6.09 Å². The second kappa shape index (κ2) is 7.81. The minimum absolute atomic E-state index is 0.224. The molecule has 0 radical (unpaired) electrons. The predicted octanol–water partition coefficient (Wildman–Crippen LogP) is 4.02. The van der Waals surface area contributed by atoms with Gasteiger partial charge in [-0.2, -0.15) is 5.26 Å². The molecule has 2 aromatic rings. The highest BCUT2D eigenvalue weighted by Gasteiger charge is 2.05. The minimum atomic E-state index is -0.493. The van der Waals surface area contributed by atoms with Gasteiger partial charge in [0.2, 0.25) is 0 Å². The first-order valence-corrected chi connectivity index (χ1v) is 7.23. The molecule has 116 valence electrons. The zero-order valence-electron chi connectivity index (χ0n) is 13.0. The van der Waals surface area contributed by atoms with Crippen LogP contribution in [0.1, 0.15) is 29.2 Å². The molecule has 2 rings (SSSR count). The van der Waals surface area contributed by atoms with E-state index < -0.39 is 6.09 Å². The van der Waals surface area contributed by atoms with Gasteiger partial charge in [-0.3, -0.25) is 0 Å². The van der Waals surface area contributed by atoms with E-state index in [1.165, 1.54) is 0 Å². The lowest BCUT2D eigenvalue weighted by Gasteiger charge is -2.09. The molecule has 2 aromatic carbocycles. The highest BCUT2D eigenvalue weighted by Crippen LogP contribution is 2.16. The number of carbonyl (C=O) groups is 1. The Kier molecular flexibility index (Phi) is 5.54. The Labute approximate surface area is 136 Å². The molecule has 4 heteroatoms. The monoisotopic (exact) mass is 306 g/mol. The predicted molar refractivity (Wildman–Crippen MR) is 89.3 cm³/mol. The summed E-state index contributed by atoms with van der Waals surface area (Å²) in [5.74, 6) is 0. The van der Waals surface area contributed by atoms with E-state index in [4.69, 9.17) is 10.00 Å². The molecule has 0 atom stereocenters. The zero-order chi connectivity index (χ0) is 16.7. The van der Waals surface area contributed by atoms with Gasteiger partial charge in [0.1, 0.15) is 6.61 Å².